The molecule has 598 valence electrons. The molecule has 0 spiro atoms. The molecule has 12 heteroatoms. The maximum atomic E-state index is 9.63. The zero-order chi connectivity index (χ0) is 73.1. The van der Waals surface area contributed by atoms with Crippen molar-refractivity contribution in [3.05, 3.63) is 0 Å². The monoisotopic (exact) mass is 1420 g/mol. The van der Waals surface area contributed by atoms with Crippen molar-refractivity contribution < 1.29 is 61.3 Å². The van der Waals surface area contributed by atoms with Crippen molar-refractivity contribution in [2.75, 3.05) is 80.3 Å². The number of aliphatic hydroxyl groups is 12. The summed E-state index contributed by atoms with van der Waals surface area (Å²) in [6.07, 6.45) is 89.3. The van der Waals surface area contributed by atoms with E-state index in [1.807, 2.05) is 0 Å². The number of rotatable bonds is 10. The van der Waals surface area contributed by atoms with Gasteiger partial charge >= 0.3 is 0 Å². The minimum absolute atomic E-state index is 0.156. The number of hydrogen-bond acceptors (Lipinski definition) is 12. The third-order valence-electron chi connectivity index (χ3n) is 24.2. The molecule has 0 saturated heterocycles. The summed E-state index contributed by atoms with van der Waals surface area (Å²) in [6, 6.07) is 0. The van der Waals surface area contributed by atoms with Crippen molar-refractivity contribution in [2.24, 2.45) is 27.1 Å². The van der Waals surface area contributed by atoms with Crippen LogP contribution in [0.15, 0.2) is 0 Å². The molecule has 0 aromatic heterocycles. The van der Waals surface area contributed by atoms with Gasteiger partial charge in [0.25, 0.3) is 0 Å². The van der Waals surface area contributed by atoms with Crippen LogP contribution >= 0.6 is 0 Å². The predicted octanol–water partition coefficient (Wildman–Crippen LogP) is 21.4. The maximum absolute atomic E-state index is 9.63. The maximum Gasteiger partial charge on any atom is 0.0509 e. The molecular weight excluding hydrogens is 1240 g/mol. The molecular formula is C87H178O12. The summed E-state index contributed by atoms with van der Waals surface area (Å²) in [6.45, 7) is 1.56. The summed E-state index contributed by atoms with van der Waals surface area (Å²) in [4.78, 5) is 0. The van der Waals surface area contributed by atoms with E-state index >= 15 is 0 Å². The van der Waals surface area contributed by atoms with Gasteiger partial charge in [-0.25, -0.2) is 0 Å². The molecule has 5 rings (SSSR count). The lowest BCUT2D eigenvalue weighted by Gasteiger charge is -2.30. The number of hydrogen-bond donors (Lipinski definition) is 12. The highest BCUT2D eigenvalue weighted by molar-refractivity contribution is 4.82. The average molecular weight is 1420 g/mol. The summed E-state index contributed by atoms with van der Waals surface area (Å²) in [5, 5.41) is 110. The summed E-state index contributed by atoms with van der Waals surface area (Å²) in [5.41, 5.74) is -0.971. The molecule has 0 amide bonds. The fourth-order valence-corrected chi connectivity index (χ4v) is 16.3. The van der Waals surface area contributed by atoms with E-state index in [1.165, 1.54) is 385 Å². The van der Waals surface area contributed by atoms with Gasteiger partial charge in [-0.3, -0.25) is 0 Å². The van der Waals surface area contributed by atoms with Gasteiger partial charge in [0.1, 0.15) is 0 Å². The van der Waals surface area contributed by atoms with Crippen molar-refractivity contribution in [3.63, 3.8) is 0 Å². The summed E-state index contributed by atoms with van der Waals surface area (Å²) >= 11 is 0. The Morgan fingerprint density at radius 2 is 0.162 bits per heavy atom. The molecule has 0 bridgehead atoms. The fraction of sp³-hybridized carbons (Fsp3) is 1.00. The molecule has 0 aliphatic heterocycles. The molecule has 5 saturated carbocycles. The summed E-state index contributed by atoms with van der Waals surface area (Å²) in [7, 11) is 2.00. The first kappa shape index (κ1) is 101. The zero-order valence-electron chi connectivity index (χ0n) is 66.4. The Labute approximate surface area is 615 Å². The van der Waals surface area contributed by atoms with Crippen LogP contribution in [-0.4, -0.2) is 142 Å². The van der Waals surface area contributed by atoms with Gasteiger partial charge in [0.05, 0.1) is 66.1 Å². The minimum Gasteiger partial charge on any atom is -0.400 e. The Balaban J connectivity index is 0. The highest BCUT2D eigenvalue weighted by atomic mass is 16.3. The van der Waals surface area contributed by atoms with Crippen LogP contribution in [0.2, 0.25) is 0 Å². The number of aliphatic hydroxyl groups excluding tert-OH is 12. The fourth-order valence-electron chi connectivity index (χ4n) is 16.3. The van der Waals surface area contributed by atoms with Crippen LogP contribution in [0.1, 0.15) is 449 Å². The smallest absolute Gasteiger partial charge is 0.0509 e. The molecule has 0 aromatic rings. The largest absolute Gasteiger partial charge is 0.400 e. The van der Waals surface area contributed by atoms with E-state index in [9.17, 15) is 51.1 Å². The minimum atomic E-state index is -0.194. The van der Waals surface area contributed by atoms with Crippen LogP contribution in [0.3, 0.4) is 0 Å². The second-order valence-corrected chi connectivity index (χ2v) is 32.8. The highest BCUT2D eigenvalue weighted by Crippen LogP contribution is 2.37. The standard InChI is InChI=1S/5C17H34O2.2CH4O/c5*18-15-17(16-19)13-11-9-7-5-3-1-2-4-6-8-10-12-14-17;2*1-2/h5*18-19H,1-16H2;2*2H,1H3. The molecule has 5 fully saturated rings. The van der Waals surface area contributed by atoms with Crippen molar-refractivity contribution >= 4 is 0 Å². The van der Waals surface area contributed by atoms with Gasteiger partial charge < -0.3 is 61.3 Å². The van der Waals surface area contributed by atoms with Gasteiger partial charge in [0.15, 0.2) is 0 Å². The SMILES string of the molecule is CO.CO.OCC1(CO)CCCCCCCCCCCCCC1.OCC1(CO)CCCCCCCCCCCCCC1.OCC1(CO)CCCCCCCCCCCCCC1.OCC1(CO)CCCCCCCCCCCCCC1.OCC1(CO)CCCCCCCCCCCCCC1. The van der Waals surface area contributed by atoms with Gasteiger partial charge in [-0.2, -0.15) is 0 Å². The molecule has 0 atom stereocenters. The Morgan fingerprint density at radius 1 is 0.111 bits per heavy atom. The van der Waals surface area contributed by atoms with Gasteiger partial charge in [0, 0.05) is 41.3 Å². The van der Waals surface area contributed by atoms with Gasteiger partial charge in [0.2, 0.25) is 0 Å². The van der Waals surface area contributed by atoms with E-state index in [0.717, 1.165) is 78.4 Å². The molecule has 12 N–H and O–H groups in total. The third-order valence-corrected chi connectivity index (χ3v) is 24.2. The van der Waals surface area contributed by atoms with Crippen LogP contribution < -0.4 is 0 Å². The molecule has 99 heavy (non-hydrogen) atoms. The lowest BCUT2D eigenvalue weighted by Crippen LogP contribution is -2.29. The lowest BCUT2D eigenvalue weighted by atomic mass is 9.79. The summed E-state index contributed by atoms with van der Waals surface area (Å²) in [5.74, 6) is 0. The first-order chi connectivity index (χ1) is 48.6. The van der Waals surface area contributed by atoms with Gasteiger partial charge in [-0.05, 0) is 64.2 Å². The normalized spacial score (nSPS) is 23.5. The molecule has 12 nitrogen and oxygen atoms in total. The lowest BCUT2D eigenvalue weighted by molar-refractivity contribution is 0.0352. The van der Waals surface area contributed by atoms with Crippen molar-refractivity contribution in [1.82, 2.24) is 0 Å². The third kappa shape index (κ3) is 57.4. The Kier molecular flexibility index (Phi) is 76.9. The van der Waals surface area contributed by atoms with Gasteiger partial charge in [-0.15, -0.1) is 0 Å². The molecule has 0 radical (unpaired) electrons. The van der Waals surface area contributed by atoms with E-state index in [0.29, 0.717) is 0 Å². The van der Waals surface area contributed by atoms with Crippen LogP contribution in [0.5, 0.6) is 0 Å². The van der Waals surface area contributed by atoms with Crippen LogP contribution in [0.25, 0.3) is 0 Å². The first-order valence-electron chi connectivity index (χ1n) is 43.6. The van der Waals surface area contributed by atoms with Crippen LogP contribution in [0.4, 0.5) is 0 Å². The molecule has 5 aliphatic carbocycles. The van der Waals surface area contributed by atoms with E-state index < -0.39 is 0 Å². The second-order valence-electron chi connectivity index (χ2n) is 32.8. The van der Waals surface area contributed by atoms with Crippen molar-refractivity contribution in [2.45, 2.75) is 449 Å². The Hall–Kier alpha value is -0.480. The molecule has 0 heterocycles. The first-order valence-corrected chi connectivity index (χ1v) is 43.6. The van der Waals surface area contributed by atoms with Crippen LogP contribution in [0, 0.1) is 27.1 Å². The molecule has 0 aromatic carbocycles. The van der Waals surface area contributed by atoms with E-state index in [-0.39, 0.29) is 93.1 Å². The van der Waals surface area contributed by atoms with Gasteiger partial charge in [-0.1, -0.05) is 385 Å². The predicted molar refractivity (Wildman–Crippen MR) is 422 cm³/mol. The highest BCUT2D eigenvalue weighted by Gasteiger charge is 2.31. The molecule has 5 aliphatic rings. The van der Waals surface area contributed by atoms with Crippen molar-refractivity contribution in [1.29, 1.82) is 0 Å². The van der Waals surface area contributed by atoms with Crippen molar-refractivity contribution in [3.8, 4) is 0 Å². The topological polar surface area (TPSA) is 243 Å². The Morgan fingerprint density at radius 3 is 0.212 bits per heavy atom. The summed E-state index contributed by atoms with van der Waals surface area (Å²) < 4.78 is 0. The van der Waals surface area contributed by atoms with E-state index in [1.54, 1.807) is 0 Å². The van der Waals surface area contributed by atoms with E-state index in [4.69, 9.17) is 10.2 Å². The quantitative estimate of drug-likeness (QED) is 0.0978. The second kappa shape index (κ2) is 75.7. The average Bonchev–Trinajstić information content (AvgIpc) is 1.48. The van der Waals surface area contributed by atoms with Crippen LogP contribution in [-0.2, 0) is 0 Å². The Bertz CT molecular complexity index is 1170. The molecule has 0 unspecified atom stereocenters. The van der Waals surface area contributed by atoms with E-state index in [2.05, 4.69) is 0 Å². The zero-order valence-corrected chi connectivity index (χ0v) is 66.4.